The average Bonchev–Trinajstić information content (AvgIpc) is 2.28. The fourth-order valence-corrected chi connectivity index (χ4v) is 1.83. The molecule has 16 heavy (non-hydrogen) atoms. The molecule has 0 aliphatic heterocycles. The van der Waals surface area contributed by atoms with Crippen molar-refractivity contribution in [1.82, 2.24) is 0 Å². The monoisotopic (exact) mass is 243 g/mol. The molecule has 0 unspecified atom stereocenters. The number of hydrogen-bond acceptors (Lipinski definition) is 3. The predicted octanol–water partition coefficient (Wildman–Crippen LogP) is 2.69. The summed E-state index contributed by atoms with van der Waals surface area (Å²) in [7, 11) is 5.31. The van der Waals surface area contributed by atoms with Gasteiger partial charge >= 0.3 is 0 Å². The minimum Gasteiger partial charge on any atom is -0.496 e. The second kappa shape index (κ2) is 5.85. The number of ether oxygens (including phenoxy) is 2. The topological polar surface area (TPSA) is 21.7 Å². The third kappa shape index (κ3) is 2.73. The van der Waals surface area contributed by atoms with Crippen LogP contribution in [0.3, 0.4) is 0 Å². The van der Waals surface area contributed by atoms with Crippen molar-refractivity contribution in [3.8, 4) is 11.5 Å². The summed E-state index contributed by atoms with van der Waals surface area (Å²) in [5, 5.41) is 0. The van der Waals surface area contributed by atoms with Gasteiger partial charge in [0.1, 0.15) is 11.5 Å². The lowest BCUT2D eigenvalue weighted by atomic mass is 10.1. The van der Waals surface area contributed by atoms with Crippen molar-refractivity contribution in [2.45, 2.75) is 6.92 Å². The molecular weight excluding hydrogens is 226 g/mol. The molecule has 1 aromatic carbocycles. The van der Waals surface area contributed by atoms with Crippen LogP contribution in [0.1, 0.15) is 5.56 Å². The molecule has 0 saturated carbocycles. The summed E-state index contributed by atoms with van der Waals surface area (Å²) in [6.45, 7) is 2.76. The molecule has 0 amide bonds. The Morgan fingerprint density at radius 3 is 2.31 bits per heavy atom. The SMILES string of the molecule is COc1cc(N(C)CCCl)c(OC)cc1C. The molecule has 0 aliphatic rings. The minimum atomic E-state index is 0.579. The first-order valence-electron chi connectivity index (χ1n) is 5.13. The molecule has 0 N–H and O–H groups in total. The summed E-state index contributed by atoms with van der Waals surface area (Å²) in [6, 6.07) is 3.94. The van der Waals surface area contributed by atoms with Gasteiger partial charge in [0, 0.05) is 25.5 Å². The van der Waals surface area contributed by atoms with Crippen LogP contribution in [0.2, 0.25) is 0 Å². The summed E-state index contributed by atoms with van der Waals surface area (Å²) >= 11 is 5.73. The molecule has 0 fully saturated rings. The van der Waals surface area contributed by atoms with Crippen molar-refractivity contribution in [3.63, 3.8) is 0 Å². The Morgan fingerprint density at radius 2 is 1.81 bits per heavy atom. The fraction of sp³-hybridized carbons (Fsp3) is 0.500. The Balaban J connectivity index is 3.13. The molecule has 3 nitrogen and oxygen atoms in total. The molecule has 0 bridgehead atoms. The number of nitrogens with zero attached hydrogens (tertiary/aromatic N) is 1. The van der Waals surface area contributed by atoms with Crippen LogP contribution in [0, 0.1) is 6.92 Å². The van der Waals surface area contributed by atoms with Gasteiger partial charge in [-0.15, -0.1) is 11.6 Å². The van der Waals surface area contributed by atoms with E-state index < -0.39 is 0 Å². The molecular formula is C12H18ClNO2. The second-order valence-corrected chi connectivity index (χ2v) is 3.98. The molecule has 0 aliphatic carbocycles. The number of halogens is 1. The summed E-state index contributed by atoms with van der Waals surface area (Å²) < 4.78 is 10.7. The van der Waals surface area contributed by atoms with Gasteiger partial charge < -0.3 is 14.4 Å². The van der Waals surface area contributed by atoms with E-state index in [4.69, 9.17) is 21.1 Å². The zero-order valence-corrected chi connectivity index (χ0v) is 11.0. The Kier molecular flexibility index (Phi) is 4.74. The van der Waals surface area contributed by atoms with Crippen molar-refractivity contribution >= 4 is 17.3 Å². The Bertz CT molecular complexity index is 355. The lowest BCUT2D eigenvalue weighted by molar-refractivity contribution is 0.400. The largest absolute Gasteiger partial charge is 0.496 e. The second-order valence-electron chi connectivity index (χ2n) is 3.60. The summed E-state index contributed by atoms with van der Waals surface area (Å²) in [5.41, 5.74) is 2.05. The smallest absolute Gasteiger partial charge is 0.142 e. The van der Waals surface area contributed by atoms with Gasteiger partial charge in [-0.1, -0.05) is 0 Å². The molecule has 0 heterocycles. The summed E-state index contributed by atoms with van der Waals surface area (Å²) in [4.78, 5) is 2.05. The summed E-state index contributed by atoms with van der Waals surface area (Å²) in [5.74, 6) is 2.28. The van der Waals surface area contributed by atoms with Gasteiger partial charge in [-0.2, -0.15) is 0 Å². The highest BCUT2D eigenvalue weighted by Crippen LogP contribution is 2.34. The number of alkyl halides is 1. The van der Waals surface area contributed by atoms with Crippen molar-refractivity contribution < 1.29 is 9.47 Å². The number of anilines is 1. The van der Waals surface area contributed by atoms with E-state index >= 15 is 0 Å². The van der Waals surface area contributed by atoms with E-state index in [0.29, 0.717) is 5.88 Å². The number of methoxy groups -OCH3 is 2. The average molecular weight is 244 g/mol. The fourth-order valence-electron chi connectivity index (χ4n) is 1.58. The molecule has 0 aromatic heterocycles. The van der Waals surface area contributed by atoms with Crippen LogP contribution in [0.15, 0.2) is 12.1 Å². The van der Waals surface area contributed by atoms with Gasteiger partial charge in [0.25, 0.3) is 0 Å². The minimum absolute atomic E-state index is 0.579. The maximum absolute atomic E-state index is 5.73. The first-order chi connectivity index (χ1) is 7.63. The van der Waals surface area contributed by atoms with Crippen LogP contribution >= 0.6 is 11.6 Å². The molecule has 0 spiro atoms. The van der Waals surface area contributed by atoms with Crippen molar-refractivity contribution in [3.05, 3.63) is 17.7 Å². The normalized spacial score (nSPS) is 10.1. The lowest BCUT2D eigenvalue weighted by Crippen LogP contribution is -2.20. The van der Waals surface area contributed by atoms with E-state index in [1.165, 1.54) is 0 Å². The van der Waals surface area contributed by atoms with Crippen LogP contribution in [0.5, 0.6) is 11.5 Å². The maximum Gasteiger partial charge on any atom is 0.142 e. The molecule has 0 saturated heterocycles. The van der Waals surface area contributed by atoms with Gasteiger partial charge in [0.05, 0.1) is 19.9 Å². The standard InChI is InChI=1S/C12H18ClNO2/c1-9-7-12(16-4)10(8-11(9)15-3)14(2)6-5-13/h7-8H,5-6H2,1-4H3. The number of rotatable bonds is 5. The van der Waals surface area contributed by atoms with E-state index in [0.717, 1.165) is 29.3 Å². The first kappa shape index (κ1) is 13.0. The zero-order chi connectivity index (χ0) is 12.1. The van der Waals surface area contributed by atoms with Gasteiger partial charge in [0.15, 0.2) is 0 Å². The van der Waals surface area contributed by atoms with Crippen LogP contribution in [-0.4, -0.2) is 33.7 Å². The van der Waals surface area contributed by atoms with E-state index in [2.05, 4.69) is 0 Å². The third-order valence-corrected chi connectivity index (χ3v) is 2.70. The quantitative estimate of drug-likeness (QED) is 0.743. The number of hydrogen-bond donors (Lipinski definition) is 0. The van der Waals surface area contributed by atoms with Crippen LogP contribution in [0.4, 0.5) is 5.69 Å². The zero-order valence-electron chi connectivity index (χ0n) is 10.2. The third-order valence-electron chi connectivity index (χ3n) is 2.53. The highest BCUT2D eigenvalue weighted by atomic mass is 35.5. The van der Waals surface area contributed by atoms with E-state index in [1.54, 1.807) is 14.2 Å². The van der Waals surface area contributed by atoms with E-state index in [1.807, 2.05) is 31.0 Å². The van der Waals surface area contributed by atoms with Gasteiger partial charge in [-0.05, 0) is 18.6 Å². The van der Waals surface area contributed by atoms with Crippen molar-refractivity contribution in [1.29, 1.82) is 0 Å². The highest BCUT2D eigenvalue weighted by molar-refractivity contribution is 6.18. The van der Waals surface area contributed by atoms with Crippen molar-refractivity contribution in [2.24, 2.45) is 0 Å². The molecule has 1 aromatic rings. The highest BCUT2D eigenvalue weighted by Gasteiger charge is 2.11. The Morgan fingerprint density at radius 1 is 1.19 bits per heavy atom. The van der Waals surface area contributed by atoms with E-state index in [9.17, 15) is 0 Å². The molecule has 1 rings (SSSR count). The molecule has 4 heteroatoms. The van der Waals surface area contributed by atoms with E-state index in [-0.39, 0.29) is 0 Å². The van der Waals surface area contributed by atoms with Crippen molar-refractivity contribution in [2.75, 3.05) is 38.6 Å². The van der Waals surface area contributed by atoms with Gasteiger partial charge in [0.2, 0.25) is 0 Å². The molecule has 90 valence electrons. The molecule has 0 atom stereocenters. The molecule has 0 radical (unpaired) electrons. The first-order valence-corrected chi connectivity index (χ1v) is 5.67. The maximum atomic E-state index is 5.73. The van der Waals surface area contributed by atoms with Crippen LogP contribution in [-0.2, 0) is 0 Å². The predicted molar refractivity (Wildman–Crippen MR) is 68.3 cm³/mol. The number of aryl methyl sites for hydroxylation is 1. The van der Waals surface area contributed by atoms with Crippen LogP contribution < -0.4 is 14.4 Å². The summed E-state index contributed by atoms with van der Waals surface area (Å²) in [6.07, 6.45) is 0. The number of benzene rings is 1. The Hall–Kier alpha value is -1.09. The van der Waals surface area contributed by atoms with Gasteiger partial charge in [-0.3, -0.25) is 0 Å². The lowest BCUT2D eigenvalue weighted by Gasteiger charge is -2.22. The van der Waals surface area contributed by atoms with Gasteiger partial charge in [-0.25, -0.2) is 0 Å². The Labute approximate surface area is 102 Å². The van der Waals surface area contributed by atoms with Crippen LogP contribution in [0.25, 0.3) is 0 Å².